The third-order valence-electron chi connectivity index (χ3n) is 0.571. The standard InChI is InChI=1S/C3H7BrN2O2/c4-1-2-6(5)3(7)8/h1-2,5H2,(H,7,8). The van der Waals surface area contributed by atoms with Crippen molar-refractivity contribution in [1.82, 2.24) is 5.01 Å². The predicted molar refractivity (Wildman–Crippen MR) is 32.7 cm³/mol. The van der Waals surface area contributed by atoms with Gasteiger partial charge in [0.1, 0.15) is 0 Å². The lowest BCUT2D eigenvalue weighted by Gasteiger charge is -2.08. The average molecular weight is 183 g/mol. The molecular weight excluding hydrogens is 176 g/mol. The summed E-state index contributed by atoms with van der Waals surface area (Å²) in [6.45, 7) is 0.315. The summed E-state index contributed by atoms with van der Waals surface area (Å²) < 4.78 is 0. The van der Waals surface area contributed by atoms with E-state index in [9.17, 15) is 4.79 Å². The molecule has 0 aromatic heterocycles. The monoisotopic (exact) mass is 182 g/mol. The van der Waals surface area contributed by atoms with Crippen molar-refractivity contribution in [2.45, 2.75) is 0 Å². The molecule has 0 aliphatic carbocycles. The fourth-order valence-electron chi connectivity index (χ4n) is 0.187. The molecule has 0 aliphatic rings. The first-order chi connectivity index (χ1) is 3.68. The van der Waals surface area contributed by atoms with Crippen molar-refractivity contribution in [2.75, 3.05) is 11.9 Å². The van der Waals surface area contributed by atoms with Gasteiger partial charge in [-0.3, -0.25) is 0 Å². The Morgan fingerprint density at radius 3 is 2.50 bits per heavy atom. The van der Waals surface area contributed by atoms with Crippen LogP contribution in [0.1, 0.15) is 0 Å². The van der Waals surface area contributed by atoms with Gasteiger partial charge in [-0.1, -0.05) is 15.9 Å². The number of alkyl halides is 1. The smallest absolute Gasteiger partial charge is 0.421 e. The normalized spacial score (nSPS) is 8.75. The van der Waals surface area contributed by atoms with Gasteiger partial charge in [0.2, 0.25) is 0 Å². The van der Waals surface area contributed by atoms with Crippen LogP contribution in [0, 0.1) is 0 Å². The topological polar surface area (TPSA) is 66.6 Å². The van der Waals surface area contributed by atoms with Crippen LogP contribution >= 0.6 is 15.9 Å². The quantitative estimate of drug-likeness (QED) is 0.279. The van der Waals surface area contributed by atoms with Gasteiger partial charge in [0.05, 0.1) is 6.54 Å². The first kappa shape index (κ1) is 7.71. The zero-order chi connectivity index (χ0) is 6.57. The van der Waals surface area contributed by atoms with Gasteiger partial charge in [-0.25, -0.2) is 15.6 Å². The molecule has 0 aromatic carbocycles. The summed E-state index contributed by atoms with van der Waals surface area (Å²) in [5.41, 5.74) is 0. The minimum Gasteiger partial charge on any atom is -0.464 e. The summed E-state index contributed by atoms with van der Waals surface area (Å²) >= 11 is 3.03. The Labute approximate surface area is 55.4 Å². The summed E-state index contributed by atoms with van der Waals surface area (Å²) in [6, 6.07) is 0. The summed E-state index contributed by atoms with van der Waals surface area (Å²) in [5, 5.41) is 9.38. The van der Waals surface area contributed by atoms with Gasteiger partial charge >= 0.3 is 6.09 Å². The van der Waals surface area contributed by atoms with Gasteiger partial charge < -0.3 is 5.11 Å². The van der Waals surface area contributed by atoms with Gasteiger partial charge in [-0.15, -0.1) is 0 Å². The van der Waals surface area contributed by atoms with E-state index in [2.05, 4.69) is 15.9 Å². The lowest BCUT2D eigenvalue weighted by Crippen LogP contribution is -2.37. The minimum absolute atomic E-state index is 0.315. The van der Waals surface area contributed by atoms with Crippen LogP contribution in [0.2, 0.25) is 0 Å². The van der Waals surface area contributed by atoms with E-state index in [4.69, 9.17) is 10.9 Å². The number of amides is 1. The molecule has 0 unspecified atom stereocenters. The van der Waals surface area contributed by atoms with Crippen molar-refractivity contribution >= 4 is 22.0 Å². The van der Waals surface area contributed by atoms with Gasteiger partial charge in [0.15, 0.2) is 0 Å². The van der Waals surface area contributed by atoms with Crippen LogP contribution in [-0.2, 0) is 0 Å². The number of nitrogens with two attached hydrogens (primary N) is 1. The number of hydrogen-bond donors (Lipinski definition) is 2. The molecule has 0 aliphatic heterocycles. The summed E-state index contributed by atoms with van der Waals surface area (Å²) in [7, 11) is 0. The van der Waals surface area contributed by atoms with E-state index in [1.807, 2.05) is 0 Å². The molecule has 8 heavy (non-hydrogen) atoms. The number of carbonyl (C=O) groups is 1. The molecule has 4 nitrogen and oxygen atoms in total. The number of carboxylic acid groups (broad SMARTS) is 1. The highest BCUT2D eigenvalue weighted by Crippen LogP contribution is 1.82. The second-order valence-corrected chi connectivity index (χ2v) is 1.96. The molecule has 1 amide bonds. The lowest BCUT2D eigenvalue weighted by molar-refractivity contribution is 0.149. The SMILES string of the molecule is NN(CCBr)C(=O)O. The Morgan fingerprint density at radius 1 is 1.88 bits per heavy atom. The number of nitrogens with zero attached hydrogens (tertiary/aromatic N) is 1. The molecule has 0 saturated heterocycles. The molecule has 5 heteroatoms. The van der Waals surface area contributed by atoms with Crippen molar-refractivity contribution in [3.8, 4) is 0 Å². The van der Waals surface area contributed by atoms with Gasteiger partial charge in [0, 0.05) is 5.33 Å². The highest BCUT2D eigenvalue weighted by Gasteiger charge is 2.01. The van der Waals surface area contributed by atoms with Gasteiger partial charge in [-0.2, -0.15) is 0 Å². The Kier molecular flexibility index (Phi) is 3.55. The van der Waals surface area contributed by atoms with Crippen LogP contribution in [0.4, 0.5) is 4.79 Å². The Hall–Kier alpha value is -0.290. The Morgan fingerprint density at radius 2 is 2.38 bits per heavy atom. The predicted octanol–water partition coefficient (Wildman–Crippen LogP) is 0.235. The van der Waals surface area contributed by atoms with Crippen molar-refractivity contribution in [2.24, 2.45) is 5.84 Å². The maximum Gasteiger partial charge on any atom is 0.421 e. The van der Waals surface area contributed by atoms with Crippen LogP contribution in [0.5, 0.6) is 0 Å². The molecule has 0 atom stereocenters. The van der Waals surface area contributed by atoms with Crippen LogP contribution in [0.25, 0.3) is 0 Å². The highest BCUT2D eigenvalue weighted by atomic mass is 79.9. The summed E-state index contributed by atoms with van der Waals surface area (Å²) in [6.07, 6.45) is -1.11. The number of hydrogen-bond acceptors (Lipinski definition) is 2. The number of halogens is 1. The maximum absolute atomic E-state index is 9.87. The van der Waals surface area contributed by atoms with E-state index in [1.165, 1.54) is 0 Å². The largest absolute Gasteiger partial charge is 0.464 e. The van der Waals surface area contributed by atoms with Crippen molar-refractivity contribution < 1.29 is 9.90 Å². The van der Waals surface area contributed by atoms with E-state index in [0.29, 0.717) is 11.9 Å². The zero-order valence-corrected chi connectivity index (χ0v) is 5.76. The molecule has 0 bridgehead atoms. The highest BCUT2D eigenvalue weighted by molar-refractivity contribution is 9.09. The molecule has 48 valence electrons. The van der Waals surface area contributed by atoms with Gasteiger partial charge in [0.25, 0.3) is 0 Å². The number of hydrazine groups is 1. The van der Waals surface area contributed by atoms with Gasteiger partial charge in [-0.05, 0) is 0 Å². The third kappa shape index (κ3) is 2.81. The molecule has 0 saturated carbocycles. The zero-order valence-electron chi connectivity index (χ0n) is 4.17. The Balaban J connectivity index is 3.32. The first-order valence-corrected chi connectivity index (χ1v) is 3.11. The third-order valence-corrected chi connectivity index (χ3v) is 0.926. The number of rotatable bonds is 2. The van der Waals surface area contributed by atoms with Crippen LogP contribution in [0.15, 0.2) is 0 Å². The molecular formula is C3H7BrN2O2. The van der Waals surface area contributed by atoms with E-state index in [-0.39, 0.29) is 0 Å². The molecule has 0 rings (SSSR count). The Bertz CT molecular complexity index is 87.4. The van der Waals surface area contributed by atoms with Crippen LogP contribution < -0.4 is 5.84 Å². The van der Waals surface area contributed by atoms with E-state index in [1.54, 1.807) is 0 Å². The summed E-state index contributed by atoms with van der Waals surface area (Å²) in [4.78, 5) is 9.87. The fourth-order valence-corrected chi connectivity index (χ4v) is 0.569. The minimum atomic E-state index is -1.11. The molecule has 3 N–H and O–H groups in total. The van der Waals surface area contributed by atoms with Crippen molar-refractivity contribution in [3.63, 3.8) is 0 Å². The van der Waals surface area contributed by atoms with Crippen molar-refractivity contribution in [1.29, 1.82) is 0 Å². The second kappa shape index (κ2) is 3.68. The molecule has 0 radical (unpaired) electrons. The first-order valence-electron chi connectivity index (χ1n) is 1.99. The fraction of sp³-hybridized carbons (Fsp3) is 0.667. The summed E-state index contributed by atoms with van der Waals surface area (Å²) in [5.74, 6) is 4.93. The maximum atomic E-state index is 9.87. The molecule has 0 fully saturated rings. The van der Waals surface area contributed by atoms with Crippen molar-refractivity contribution in [3.05, 3.63) is 0 Å². The van der Waals surface area contributed by atoms with E-state index >= 15 is 0 Å². The molecule has 0 spiro atoms. The van der Waals surface area contributed by atoms with Crippen LogP contribution in [-0.4, -0.2) is 28.1 Å². The van der Waals surface area contributed by atoms with E-state index in [0.717, 1.165) is 5.01 Å². The second-order valence-electron chi connectivity index (χ2n) is 1.16. The molecule has 0 aromatic rings. The average Bonchev–Trinajstić information content (AvgIpc) is 1.67. The lowest BCUT2D eigenvalue weighted by atomic mass is 10.7. The molecule has 0 heterocycles. The van der Waals surface area contributed by atoms with E-state index < -0.39 is 6.09 Å². The van der Waals surface area contributed by atoms with Crippen LogP contribution in [0.3, 0.4) is 0 Å².